The predicted molar refractivity (Wildman–Crippen MR) is 45.7 cm³/mol. The minimum Gasteiger partial charge on any atom is -0.107 e. The lowest BCUT2D eigenvalue weighted by Crippen LogP contribution is -1.75. The summed E-state index contributed by atoms with van der Waals surface area (Å²) in [5.74, 6) is 5.92. The normalized spacial score (nSPS) is 8.22. The molecule has 0 aliphatic carbocycles. The van der Waals surface area contributed by atoms with Crippen LogP contribution in [0.25, 0.3) is 0 Å². The maximum absolute atomic E-state index is 3.38. The molecular weight excluding hydrogens is 176 g/mol. The summed E-state index contributed by atoms with van der Waals surface area (Å²) in [7, 11) is 0. The zero-order valence-electron chi connectivity index (χ0n) is 5.91. The fraction of sp³-hybridized carbons (Fsp3) is 0.750. The van der Waals surface area contributed by atoms with Gasteiger partial charge < -0.3 is 0 Å². The summed E-state index contributed by atoms with van der Waals surface area (Å²) >= 11 is 3.38. The molecule has 0 heterocycles. The van der Waals surface area contributed by atoms with Crippen LogP contribution in [-0.2, 0) is 0 Å². The topological polar surface area (TPSA) is 0 Å². The van der Waals surface area contributed by atoms with Crippen molar-refractivity contribution in [3.8, 4) is 11.8 Å². The van der Waals surface area contributed by atoms with Gasteiger partial charge in [0.1, 0.15) is 0 Å². The summed E-state index contributed by atoms with van der Waals surface area (Å²) in [6, 6.07) is 0. The number of unbranched alkanes of at least 4 members (excludes halogenated alkanes) is 3. The van der Waals surface area contributed by atoms with Crippen molar-refractivity contribution in [1.29, 1.82) is 0 Å². The molecule has 0 N–H and O–H groups in total. The summed E-state index contributed by atoms with van der Waals surface area (Å²) < 4.78 is 0. The maximum atomic E-state index is 3.38. The first-order chi connectivity index (χ1) is 4.41. The summed E-state index contributed by atoms with van der Waals surface area (Å²) in [6.45, 7) is 1.89. The second-order valence-electron chi connectivity index (χ2n) is 1.93. The number of hydrogen-bond donors (Lipinski definition) is 0. The highest BCUT2D eigenvalue weighted by molar-refractivity contribution is 9.09. The minimum atomic E-state index is 1.07. The van der Waals surface area contributed by atoms with Crippen molar-refractivity contribution >= 4 is 15.9 Å². The van der Waals surface area contributed by atoms with E-state index >= 15 is 0 Å². The molecule has 0 saturated heterocycles. The van der Waals surface area contributed by atoms with E-state index in [9.17, 15) is 0 Å². The Bertz CT molecular complexity index is 96.9. The van der Waals surface area contributed by atoms with E-state index in [1.807, 2.05) is 6.92 Å². The number of rotatable bonds is 4. The van der Waals surface area contributed by atoms with E-state index in [2.05, 4.69) is 27.8 Å². The van der Waals surface area contributed by atoms with E-state index in [0.717, 1.165) is 11.8 Å². The van der Waals surface area contributed by atoms with Crippen molar-refractivity contribution in [1.82, 2.24) is 0 Å². The Labute approximate surface area is 66.2 Å². The quantitative estimate of drug-likeness (QED) is 0.362. The molecule has 0 unspecified atom stereocenters. The molecule has 0 aromatic carbocycles. The molecule has 52 valence electrons. The molecular formula is C8H13Br. The van der Waals surface area contributed by atoms with Gasteiger partial charge in [0.2, 0.25) is 0 Å². The van der Waals surface area contributed by atoms with Crippen LogP contribution in [0.5, 0.6) is 0 Å². The van der Waals surface area contributed by atoms with Crippen LogP contribution in [0.2, 0.25) is 0 Å². The van der Waals surface area contributed by atoms with Crippen molar-refractivity contribution in [2.75, 3.05) is 5.33 Å². The minimum absolute atomic E-state index is 1.07. The van der Waals surface area contributed by atoms with Gasteiger partial charge in [-0.25, -0.2) is 0 Å². The predicted octanol–water partition coefficient (Wildman–Crippen LogP) is 2.97. The Morgan fingerprint density at radius 1 is 1.22 bits per heavy atom. The van der Waals surface area contributed by atoms with Crippen molar-refractivity contribution in [3.05, 3.63) is 0 Å². The van der Waals surface area contributed by atoms with E-state index in [1.165, 1.54) is 19.3 Å². The number of hydrogen-bond acceptors (Lipinski definition) is 0. The summed E-state index contributed by atoms with van der Waals surface area (Å²) in [6.07, 6.45) is 4.92. The highest BCUT2D eigenvalue weighted by Gasteiger charge is 1.83. The fourth-order valence-electron chi connectivity index (χ4n) is 0.610. The molecule has 0 saturated carbocycles. The average molecular weight is 189 g/mol. The highest BCUT2D eigenvalue weighted by Crippen LogP contribution is 2.00. The van der Waals surface area contributed by atoms with Gasteiger partial charge >= 0.3 is 0 Å². The Kier molecular flexibility index (Phi) is 8.08. The second-order valence-corrected chi connectivity index (χ2v) is 2.72. The van der Waals surface area contributed by atoms with Gasteiger partial charge in [-0.15, -0.1) is 11.8 Å². The molecule has 0 aromatic heterocycles. The highest BCUT2D eigenvalue weighted by atomic mass is 79.9. The van der Waals surface area contributed by atoms with Crippen molar-refractivity contribution in [3.63, 3.8) is 0 Å². The molecule has 0 rings (SSSR count). The van der Waals surface area contributed by atoms with Gasteiger partial charge in [-0.2, -0.15) is 0 Å². The molecule has 0 atom stereocenters. The van der Waals surface area contributed by atoms with Gasteiger partial charge in [0.25, 0.3) is 0 Å². The SMILES string of the molecule is CC#CCCCCCBr. The molecule has 0 spiro atoms. The molecule has 0 aliphatic heterocycles. The Morgan fingerprint density at radius 2 is 2.00 bits per heavy atom. The Morgan fingerprint density at radius 3 is 2.56 bits per heavy atom. The lowest BCUT2D eigenvalue weighted by atomic mass is 10.2. The van der Waals surface area contributed by atoms with Crippen LogP contribution in [-0.4, -0.2) is 5.33 Å². The van der Waals surface area contributed by atoms with Crippen molar-refractivity contribution in [2.45, 2.75) is 32.6 Å². The van der Waals surface area contributed by atoms with E-state index < -0.39 is 0 Å². The lowest BCUT2D eigenvalue weighted by molar-refractivity contribution is 0.745. The summed E-state index contributed by atoms with van der Waals surface area (Å²) in [5.41, 5.74) is 0. The molecule has 0 aromatic rings. The third kappa shape index (κ3) is 8.04. The maximum Gasteiger partial charge on any atom is 0.00885 e. The van der Waals surface area contributed by atoms with Crippen LogP contribution in [0.1, 0.15) is 32.6 Å². The molecule has 9 heavy (non-hydrogen) atoms. The lowest BCUT2D eigenvalue weighted by Gasteiger charge is -1.90. The van der Waals surface area contributed by atoms with Crippen LogP contribution in [0.4, 0.5) is 0 Å². The van der Waals surface area contributed by atoms with E-state index in [4.69, 9.17) is 0 Å². The van der Waals surface area contributed by atoms with Crippen LogP contribution >= 0.6 is 15.9 Å². The number of alkyl halides is 1. The smallest absolute Gasteiger partial charge is 0.00885 e. The number of halogens is 1. The fourth-order valence-corrected chi connectivity index (χ4v) is 1.01. The standard InChI is InChI=1S/C8H13Br/c1-2-3-4-5-6-7-8-9/h4-8H2,1H3. The zero-order valence-corrected chi connectivity index (χ0v) is 7.50. The molecule has 0 amide bonds. The first kappa shape index (κ1) is 9.04. The van der Waals surface area contributed by atoms with Crippen LogP contribution in [0, 0.1) is 11.8 Å². The summed E-state index contributed by atoms with van der Waals surface area (Å²) in [4.78, 5) is 0. The van der Waals surface area contributed by atoms with Gasteiger partial charge in [-0.1, -0.05) is 22.4 Å². The van der Waals surface area contributed by atoms with Crippen LogP contribution in [0.15, 0.2) is 0 Å². The third-order valence-corrected chi connectivity index (χ3v) is 1.67. The van der Waals surface area contributed by atoms with Crippen LogP contribution in [0.3, 0.4) is 0 Å². The first-order valence-electron chi connectivity index (χ1n) is 3.37. The third-order valence-electron chi connectivity index (χ3n) is 1.11. The van der Waals surface area contributed by atoms with Gasteiger partial charge in [-0.05, 0) is 19.8 Å². The van der Waals surface area contributed by atoms with Crippen molar-refractivity contribution < 1.29 is 0 Å². The van der Waals surface area contributed by atoms with Gasteiger partial charge in [0.15, 0.2) is 0 Å². The molecule has 0 aliphatic rings. The molecule has 1 heteroatoms. The van der Waals surface area contributed by atoms with Crippen molar-refractivity contribution in [2.24, 2.45) is 0 Å². The van der Waals surface area contributed by atoms with E-state index in [-0.39, 0.29) is 0 Å². The molecule has 0 radical (unpaired) electrons. The Hall–Kier alpha value is 0.0400. The van der Waals surface area contributed by atoms with Gasteiger partial charge in [-0.3, -0.25) is 0 Å². The molecule has 0 fully saturated rings. The van der Waals surface area contributed by atoms with E-state index in [0.29, 0.717) is 0 Å². The van der Waals surface area contributed by atoms with E-state index in [1.54, 1.807) is 0 Å². The zero-order chi connectivity index (χ0) is 6.95. The largest absolute Gasteiger partial charge is 0.107 e. The molecule has 0 bridgehead atoms. The van der Waals surface area contributed by atoms with Gasteiger partial charge in [0, 0.05) is 11.8 Å². The first-order valence-corrected chi connectivity index (χ1v) is 4.49. The average Bonchev–Trinajstić information content (AvgIpc) is 1.89. The summed E-state index contributed by atoms with van der Waals surface area (Å²) in [5, 5.41) is 1.13. The Balaban J connectivity index is 2.80. The molecule has 0 nitrogen and oxygen atoms in total. The monoisotopic (exact) mass is 188 g/mol. The second kappa shape index (κ2) is 8.04. The van der Waals surface area contributed by atoms with Crippen LogP contribution < -0.4 is 0 Å². The van der Waals surface area contributed by atoms with Gasteiger partial charge in [0.05, 0.1) is 0 Å².